The Kier molecular flexibility index (Phi) is 4.81. The molecular formula is C21H20N2O3S. The van der Waals surface area contributed by atoms with Crippen LogP contribution in [0.5, 0.6) is 11.5 Å². The molecule has 1 saturated heterocycles. The van der Waals surface area contributed by atoms with E-state index in [1.54, 1.807) is 11.0 Å². The van der Waals surface area contributed by atoms with Crippen LogP contribution in [0.3, 0.4) is 0 Å². The molecule has 0 aliphatic carbocycles. The van der Waals surface area contributed by atoms with E-state index in [1.165, 1.54) is 0 Å². The van der Waals surface area contributed by atoms with E-state index in [4.69, 9.17) is 21.7 Å². The van der Waals surface area contributed by atoms with Gasteiger partial charge < -0.3 is 14.8 Å². The summed E-state index contributed by atoms with van der Waals surface area (Å²) in [6, 6.07) is 13.5. The van der Waals surface area contributed by atoms with Crippen molar-refractivity contribution in [2.45, 2.75) is 19.8 Å². The Balaban J connectivity index is 1.71. The third kappa shape index (κ3) is 3.28. The van der Waals surface area contributed by atoms with Crippen LogP contribution < -0.4 is 19.7 Å². The van der Waals surface area contributed by atoms with Gasteiger partial charge in [-0.1, -0.05) is 37.3 Å². The van der Waals surface area contributed by atoms with Crippen molar-refractivity contribution in [3.63, 3.8) is 0 Å². The van der Waals surface area contributed by atoms with E-state index in [2.05, 4.69) is 12.2 Å². The number of anilines is 1. The first-order valence-electron chi connectivity index (χ1n) is 9.02. The predicted molar refractivity (Wildman–Crippen MR) is 109 cm³/mol. The van der Waals surface area contributed by atoms with E-state index in [-0.39, 0.29) is 5.91 Å². The molecule has 0 atom stereocenters. The number of carbonyl (C=O) groups is 1. The number of nitrogens with zero attached hydrogens (tertiary/aromatic N) is 1. The van der Waals surface area contributed by atoms with Gasteiger partial charge in [0.25, 0.3) is 5.91 Å². The van der Waals surface area contributed by atoms with Gasteiger partial charge in [0, 0.05) is 12.0 Å². The molecule has 138 valence electrons. The first-order valence-corrected chi connectivity index (χ1v) is 9.43. The van der Waals surface area contributed by atoms with Crippen LogP contribution in [0.2, 0.25) is 0 Å². The van der Waals surface area contributed by atoms with Gasteiger partial charge in [-0.05, 0) is 42.4 Å². The SMILES string of the molecule is CCc1ccccc1N1C(=O)/C(=C/c2cccc3c2OCCCO3)NC1=S. The van der Waals surface area contributed by atoms with Gasteiger partial charge in [-0.3, -0.25) is 9.69 Å². The number of hydrogen-bond acceptors (Lipinski definition) is 4. The molecule has 2 aliphatic heterocycles. The molecule has 0 aromatic heterocycles. The average Bonchev–Trinajstić information content (AvgIpc) is 2.86. The molecule has 4 rings (SSSR count). The number of para-hydroxylation sites is 2. The quantitative estimate of drug-likeness (QED) is 0.650. The number of rotatable bonds is 3. The highest BCUT2D eigenvalue weighted by molar-refractivity contribution is 7.80. The molecule has 27 heavy (non-hydrogen) atoms. The minimum Gasteiger partial charge on any atom is -0.490 e. The zero-order chi connectivity index (χ0) is 18.8. The Bertz CT molecular complexity index is 939. The lowest BCUT2D eigenvalue weighted by Crippen LogP contribution is -2.31. The van der Waals surface area contributed by atoms with Gasteiger partial charge in [-0.15, -0.1) is 0 Å². The summed E-state index contributed by atoms with van der Waals surface area (Å²) in [5.74, 6) is 1.19. The minimum atomic E-state index is -0.173. The molecular weight excluding hydrogens is 360 g/mol. The van der Waals surface area contributed by atoms with Crippen LogP contribution in [-0.2, 0) is 11.2 Å². The van der Waals surface area contributed by atoms with E-state index in [0.717, 1.165) is 29.7 Å². The zero-order valence-corrected chi connectivity index (χ0v) is 15.8. The number of ether oxygens (including phenoxy) is 2. The Morgan fingerprint density at radius 2 is 1.96 bits per heavy atom. The summed E-state index contributed by atoms with van der Waals surface area (Å²) in [5, 5.41) is 3.43. The second kappa shape index (κ2) is 7.40. The highest BCUT2D eigenvalue weighted by Gasteiger charge is 2.33. The summed E-state index contributed by atoms with van der Waals surface area (Å²) in [6.45, 7) is 3.27. The van der Waals surface area contributed by atoms with Gasteiger partial charge in [0.05, 0.1) is 18.9 Å². The van der Waals surface area contributed by atoms with Crippen LogP contribution in [0.4, 0.5) is 5.69 Å². The number of aryl methyl sites for hydroxylation is 1. The summed E-state index contributed by atoms with van der Waals surface area (Å²) >= 11 is 5.44. The maximum absolute atomic E-state index is 13.1. The summed E-state index contributed by atoms with van der Waals surface area (Å²) < 4.78 is 11.6. The zero-order valence-electron chi connectivity index (χ0n) is 15.0. The number of nitrogens with one attached hydrogen (secondary N) is 1. The van der Waals surface area contributed by atoms with Crippen LogP contribution in [-0.4, -0.2) is 24.2 Å². The first-order chi connectivity index (χ1) is 13.2. The summed E-state index contributed by atoms with van der Waals surface area (Å²) in [6.07, 6.45) is 3.42. The molecule has 0 bridgehead atoms. The molecule has 0 saturated carbocycles. The third-order valence-corrected chi connectivity index (χ3v) is 4.88. The Morgan fingerprint density at radius 3 is 2.81 bits per heavy atom. The second-order valence-electron chi connectivity index (χ2n) is 6.34. The maximum Gasteiger partial charge on any atom is 0.281 e. The van der Waals surface area contributed by atoms with E-state index in [1.807, 2.05) is 42.5 Å². The van der Waals surface area contributed by atoms with Crippen molar-refractivity contribution in [3.8, 4) is 11.5 Å². The topological polar surface area (TPSA) is 50.8 Å². The van der Waals surface area contributed by atoms with Crippen molar-refractivity contribution in [1.29, 1.82) is 0 Å². The Morgan fingerprint density at radius 1 is 1.15 bits per heavy atom. The number of thiocarbonyl (C=S) groups is 1. The van der Waals surface area contributed by atoms with Crippen LogP contribution in [0.15, 0.2) is 48.2 Å². The molecule has 6 heteroatoms. The largest absolute Gasteiger partial charge is 0.490 e. The van der Waals surface area contributed by atoms with Crippen molar-refractivity contribution in [3.05, 3.63) is 59.3 Å². The van der Waals surface area contributed by atoms with Crippen LogP contribution in [0.1, 0.15) is 24.5 Å². The van der Waals surface area contributed by atoms with Gasteiger partial charge >= 0.3 is 0 Å². The summed E-state index contributed by atoms with van der Waals surface area (Å²) in [7, 11) is 0. The smallest absolute Gasteiger partial charge is 0.281 e. The molecule has 2 aliphatic rings. The van der Waals surface area contributed by atoms with Gasteiger partial charge in [0.15, 0.2) is 16.6 Å². The van der Waals surface area contributed by atoms with E-state index < -0.39 is 0 Å². The van der Waals surface area contributed by atoms with Crippen molar-refractivity contribution in [2.24, 2.45) is 0 Å². The lowest BCUT2D eigenvalue weighted by molar-refractivity contribution is -0.113. The summed E-state index contributed by atoms with van der Waals surface area (Å²) in [5.41, 5.74) is 3.10. The van der Waals surface area contributed by atoms with Crippen molar-refractivity contribution in [1.82, 2.24) is 5.32 Å². The number of hydrogen-bond donors (Lipinski definition) is 1. The highest BCUT2D eigenvalue weighted by atomic mass is 32.1. The van der Waals surface area contributed by atoms with E-state index in [0.29, 0.717) is 35.5 Å². The third-order valence-electron chi connectivity index (χ3n) is 4.59. The van der Waals surface area contributed by atoms with Crippen molar-refractivity contribution < 1.29 is 14.3 Å². The number of benzene rings is 2. The molecule has 0 spiro atoms. The van der Waals surface area contributed by atoms with E-state index in [9.17, 15) is 4.79 Å². The van der Waals surface area contributed by atoms with Gasteiger partial charge in [-0.25, -0.2) is 0 Å². The van der Waals surface area contributed by atoms with Crippen LogP contribution >= 0.6 is 12.2 Å². The normalized spacial score (nSPS) is 17.8. The standard InChI is InChI=1S/C21H20N2O3S/c1-2-14-7-3-4-9-17(14)23-20(24)16(22-21(23)27)13-15-8-5-10-18-19(15)26-12-6-11-25-18/h3-5,7-10,13H,2,6,11-12H2,1H3,(H,22,27)/b16-13-. The Labute approximate surface area is 163 Å². The van der Waals surface area contributed by atoms with Crippen LogP contribution in [0.25, 0.3) is 6.08 Å². The molecule has 1 N–H and O–H groups in total. The Hall–Kier alpha value is -2.86. The van der Waals surface area contributed by atoms with Gasteiger partial charge in [-0.2, -0.15) is 0 Å². The molecule has 2 heterocycles. The van der Waals surface area contributed by atoms with Crippen molar-refractivity contribution in [2.75, 3.05) is 18.1 Å². The van der Waals surface area contributed by atoms with Crippen molar-refractivity contribution >= 4 is 35.0 Å². The number of amides is 1. The molecule has 5 nitrogen and oxygen atoms in total. The predicted octanol–water partition coefficient (Wildman–Crippen LogP) is 3.67. The highest BCUT2D eigenvalue weighted by Crippen LogP contribution is 2.35. The molecule has 0 unspecified atom stereocenters. The first kappa shape index (κ1) is 17.5. The molecule has 0 radical (unpaired) electrons. The number of carbonyl (C=O) groups excluding carboxylic acids is 1. The summed E-state index contributed by atoms with van der Waals surface area (Å²) in [4.78, 5) is 14.6. The lowest BCUT2D eigenvalue weighted by Gasteiger charge is -2.17. The maximum atomic E-state index is 13.1. The van der Waals surface area contributed by atoms with Gasteiger partial charge in [0.1, 0.15) is 5.70 Å². The fraction of sp³-hybridized carbons (Fsp3) is 0.238. The fourth-order valence-corrected chi connectivity index (χ4v) is 3.56. The van der Waals surface area contributed by atoms with Gasteiger partial charge in [0.2, 0.25) is 0 Å². The minimum absolute atomic E-state index is 0.173. The molecule has 2 aromatic carbocycles. The van der Waals surface area contributed by atoms with E-state index >= 15 is 0 Å². The average molecular weight is 380 g/mol. The second-order valence-corrected chi connectivity index (χ2v) is 6.72. The van der Waals surface area contributed by atoms with Crippen LogP contribution in [0, 0.1) is 0 Å². The number of fused-ring (bicyclic) bond motifs is 1. The molecule has 2 aromatic rings. The fourth-order valence-electron chi connectivity index (χ4n) is 3.27. The lowest BCUT2D eigenvalue weighted by atomic mass is 10.1. The molecule has 1 amide bonds. The monoisotopic (exact) mass is 380 g/mol. The molecule has 1 fully saturated rings.